The van der Waals surface area contributed by atoms with Gasteiger partial charge in [-0.05, 0) is 38.5 Å². The van der Waals surface area contributed by atoms with Crippen LogP contribution in [-0.4, -0.2) is 39.6 Å². The molecule has 30 heavy (non-hydrogen) atoms. The minimum absolute atomic E-state index is 0.0109. The fourth-order valence-corrected chi connectivity index (χ4v) is 3.43. The number of carbonyl (C=O) groups is 1. The average Bonchev–Trinajstić information content (AvgIpc) is 2.74. The fourth-order valence-electron chi connectivity index (χ4n) is 3.43. The number of hydrogen-bond acceptors (Lipinski definition) is 6. The summed E-state index contributed by atoms with van der Waals surface area (Å²) in [5.74, 6) is 1.81. The maximum absolute atomic E-state index is 12.8. The van der Waals surface area contributed by atoms with Crippen LogP contribution in [0.4, 0.5) is 0 Å². The first-order chi connectivity index (χ1) is 14.5. The highest BCUT2D eigenvalue weighted by atomic mass is 16.5. The zero-order valence-corrected chi connectivity index (χ0v) is 17.3. The van der Waals surface area contributed by atoms with Crippen molar-refractivity contribution in [1.82, 2.24) is 20.3 Å². The van der Waals surface area contributed by atoms with Gasteiger partial charge in [0.15, 0.2) is 0 Å². The molecule has 0 fully saturated rings. The molecule has 154 valence electrons. The van der Waals surface area contributed by atoms with Crippen molar-refractivity contribution in [3.8, 4) is 22.8 Å². The molecule has 3 heterocycles. The molecule has 0 radical (unpaired) electrons. The number of benzene rings is 1. The van der Waals surface area contributed by atoms with Gasteiger partial charge in [-0.15, -0.1) is 0 Å². The van der Waals surface area contributed by atoms with Gasteiger partial charge in [0.05, 0.1) is 12.1 Å². The SMILES string of the molecule is Cc1ncc(-c2cccc3c2C[C@H](NC(=O)c2ccnc(OC(C)C)c2)CO3)cn1. The Kier molecular flexibility index (Phi) is 5.61. The number of carbonyl (C=O) groups excluding carboxylic acids is 1. The first-order valence-corrected chi connectivity index (χ1v) is 9.97. The molecule has 1 atom stereocenters. The van der Waals surface area contributed by atoms with E-state index in [-0.39, 0.29) is 18.1 Å². The molecule has 0 spiro atoms. The molecule has 7 heteroatoms. The maximum atomic E-state index is 12.8. The quantitative estimate of drug-likeness (QED) is 0.702. The predicted molar refractivity (Wildman–Crippen MR) is 113 cm³/mol. The van der Waals surface area contributed by atoms with Crippen LogP contribution in [0.3, 0.4) is 0 Å². The molecule has 0 aliphatic carbocycles. The summed E-state index contributed by atoms with van der Waals surface area (Å²) in [7, 11) is 0. The second-order valence-electron chi connectivity index (χ2n) is 7.54. The molecule has 1 aromatic carbocycles. The van der Waals surface area contributed by atoms with Gasteiger partial charge in [-0.3, -0.25) is 4.79 Å². The monoisotopic (exact) mass is 404 g/mol. The van der Waals surface area contributed by atoms with E-state index < -0.39 is 0 Å². The topological polar surface area (TPSA) is 86.2 Å². The minimum Gasteiger partial charge on any atom is -0.491 e. The van der Waals surface area contributed by atoms with E-state index in [4.69, 9.17) is 9.47 Å². The highest BCUT2D eigenvalue weighted by Crippen LogP contribution is 2.34. The molecule has 0 unspecified atom stereocenters. The van der Waals surface area contributed by atoms with Gasteiger partial charge in [-0.1, -0.05) is 12.1 Å². The normalized spacial score (nSPS) is 15.3. The Morgan fingerprint density at radius 1 is 1.20 bits per heavy atom. The molecule has 7 nitrogen and oxygen atoms in total. The summed E-state index contributed by atoms with van der Waals surface area (Å²) in [5.41, 5.74) is 3.49. The molecule has 3 aromatic rings. The Hall–Kier alpha value is -3.48. The highest BCUT2D eigenvalue weighted by molar-refractivity contribution is 5.94. The Labute approximate surface area is 175 Å². The average molecular weight is 404 g/mol. The Balaban J connectivity index is 1.52. The summed E-state index contributed by atoms with van der Waals surface area (Å²) in [5, 5.41) is 3.07. The van der Waals surface area contributed by atoms with E-state index in [9.17, 15) is 4.79 Å². The lowest BCUT2D eigenvalue weighted by Gasteiger charge is -2.28. The summed E-state index contributed by atoms with van der Waals surface area (Å²) >= 11 is 0. The maximum Gasteiger partial charge on any atom is 0.251 e. The number of fused-ring (bicyclic) bond motifs is 1. The molecule has 0 bridgehead atoms. The van der Waals surface area contributed by atoms with Gasteiger partial charge in [0.1, 0.15) is 18.2 Å². The van der Waals surface area contributed by atoms with Crippen LogP contribution in [0.5, 0.6) is 11.6 Å². The van der Waals surface area contributed by atoms with Crippen molar-refractivity contribution in [3.05, 3.63) is 65.9 Å². The number of pyridine rings is 1. The molecular weight excluding hydrogens is 380 g/mol. The van der Waals surface area contributed by atoms with Gasteiger partial charge in [-0.25, -0.2) is 15.0 Å². The number of nitrogens with zero attached hydrogens (tertiary/aromatic N) is 3. The molecule has 4 rings (SSSR count). The van der Waals surface area contributed by atoms with Crippen LogP contribution < -0.4 is 14.8 Å². The third-order valence-corrected chi connectivity index (χ3v) is 4.80. The lowest BCUT2D eigenvalue weighted by Crippen LogP contribution is -2.42. The van der Waals surface area contributed by atoms with Crippen LogP contribution >= 0.6 is 0 Å². The first-order valence-electron chi connectivity index (χ1n) is 9.97. The molecule has 1 N–H and O–H groups in total. The Morgan fingerprint density at radius 2 is 2.00 bits per heavy atom. The van der Waals surface area contributed by atoms with Gasteiger partial charge in [-0.2, -0.15) is 0 Å². The van der Waals surface area contributed by atoms with Gasteiger partial charge in [0, 0.05) is 47.8 Å². The van der Waals surface area contributed by atoms with E-state index in [1.165, 1.54) is 0 Å². The smallest absolute Gasteiger partial charge is 0.251 e. The van der Waals surface area contributed by atoms with Crippen molar-refractivity contribution in [2.45, 2.75) is 39.3 Å². The first kappa shape index (κ1) is 19.8. The van der Waals surface area contributed by atoms with Crippen LogP contribution in [0.25, 0.3) is 11.1 Å². The Bertz CT molecular complexity index is 1050. The molecule has 0 saturated carbocycles. The van der Waals surface area contributed by atoms with Crippen LogP contribution in [-0.2, 0) is 6.42 Å². The van der Waals surface area contributed by atoms with Crippen LogP contribution in [0, 0.1) is 6.92 Å². The number of rotatable bonds is 5. The second kappa shape index (κ2) is 8.49. The van der Waals surface area contributed by atoms with Crippen LogP contribution in [0.15, 0.2) is 48.9 Å². The van der Waals surface area contributed by atoms with E-state index in [0.717, 1.165) is 28.3 Å². The lowest BCUT2D eigenvalue weighted by molar-refractivity contribution is 0.0914. The molecule has 1 aliphatic rings. The van der Waals surface area contributed by atoms with Crippen LogP contribution in [0.1, 0.15) is 35.6 Å². The summed E-state index contributed by atoms with van der Waals surface area (Å²) in [4.78, 5) is 25.5. The van der Waals surface area contributed by atoms with Gasteiger partial charge in [0.25, 0.3) is 5.91 Å². The summed E-state index contributed by atoms with van der Waals surface area (Å²) < 4.78 is 11.5. The van der Waals surface area contributed by atoms with Crippen molar-refractivity contribution in [3.63, 3.8) is 0 Å². The van der Waals surface area contributed by atoms with Gasteiger partial charge in [0.2, 0.25) is 5.88 Å². The largest absolute Gasteiger partial charge is 0.491 e. The minimum atomic E-state index is -0.181. The number of ether oxygens (including phenoxy) is 2. The van der Waals surface area contributed by atoms with E-state index in [1.807, 2.05) is 51.4 Å². The number of hydrogen-bond donors (Lipinski definition) is 1. The van der Waals surface area contributed by atoms with Crippen molar-refractivity contribution in [2.75, 3.05) is 6.61 Å². The molecule has 1 aliphatic heterocycles. The summed E-state index contributed by atoms with van der Waals surface area (Å²) in [6.45, 7) is 6.10. The van der Waals surface area contributed by atoms with E-state index >= 15 is 0 Å². The number of nitrogens with one attached hydrogen (secondary N) is 1. The van der Waals surface area contributed by atoms with Gasteiger partial charge < -0.3 is 14.8 Å². The zero-order valence-electron chi connectivity index (χ0n) is 17.3. The molecule has 2 aromatic heterocycles. The molecule has 1 amide bonds. The predicted octanol–water partition coefficient (Wildman–Crippen LogP) is 3.37. The third-order valence-electron chi connectivity index (χ3n) is 4.80. The number of aromatic nitrogens is 3. The second-order valence-corrected chi connectivity index (χ2v) is 7.54. The molecule has 0 saturated heterocycles. The van der Waals surface area contributed by atoms with Crippen molar-refractivity contribution >= 4 is 5.91 Å². The molecular formula is C23H24N4O3. The highest BCUT2D eigenvalue weighted by Gasteiger charge is 2.25. The zero-order chi connectivity index (χ0) is 21.1. The standard InChI is InChI=1S/C23H24N4O3/c1-14(2)30-22-9-16(7-8-24-22)23(28)27-18-10-20-19(5-4-6-21(20)29-13-18)17-11-25-15(3)26-12-17/h4-9,11-12,14,18H,10,13H2,1-3H3,(H,27,28)/t18-/m0/s1. The summed E-state index contributed by atoms with van der Waals surface area (Å²) in [6, 6.07) is 9.11. The van der Waals surface area contributed by atoms with Crippen molar-refractivity contribution < 1.29 is 14.3 Å². The van der Waals surface area contributed by atoms with Gasteiger partial charge >= 0.3 is 0 Å². The summed E-state index contributed by atoms with van der Waals surface area (Å²) in [6.07, 6.45) is 5.85. The van der Waals surface area contributed by atoms with E-state index in [2.05, 4.69) is 20.3 Å². The van der Waals surface area contributed by atoms with E-state index in [0.29, 0.717) is 24.5 Å². The third kappa shape index (κ3) is 4.40. The lowest BCUT2D eigenvalue weighted by atomic mass is 9.94. The van der Waals surface area contributed by atoms with Crippen molar-refractivity contribution in [1.29, 1.82) is 0 Å². The number of amides is 1. The fraction of sp³-hybridized carbons (Fsp3) is 0.304. The van der Waals surface area contributed by atoms with E-state index in [1.54, 1.807) is 18.3 Å². The number of aryl methyl sites for hydroxylation is 1. The van der Waals surface area contributed by atoms with Crippen LogP contribution in [0.2, 0.25) is 0 Å². The van der Waals surface area contributed by atoms with Crippen molar-refractivity contribution in [2.24, 2.45) is 0 Å². The Morgan fingerprint density at radius 3 is 2.77 bits per heavy atom.